The molecule has 6 nitrogen and oxygen atoms in total. The molecule has 0 spiro atoms. The standard InChI is InChI=1S/C22H21ClFN3O3/c23-18-7-4-8-19(24)17(18)13-20(28)25-11-9-15(10-12-25)26-14-21(29)27(22(26)30)16-5-2-1-3-6-16/h1-8,15H,9-14H2. The molecule has 8 heteroatoms. The van der Waals surface area contributed by atoms with Gasteiger partial charge in [-0.05, 0) is 37.1 Å². The van der Waals surface area contributed by atoms with E-state index >= 15 is 0 Å². The fourth-order valence-electron chi connectivity index (χ4n) is 4.03. The van der Waals surface area contributed by atoms with Gasteiger partial charge < -0.3 is 9.80 Å². The maximum absolute atomic E-state index is 14.0. The molecular formula is C22H21ClFN3O3. The second-order valence-electron chi connectivity index (χ2n) is 7.46. The van der Waals surface area contributed by atoms with Crippen LogP contribution in [0.3, 0.4) is 0 Å². The normalized spacial score (nSPS) is 17.7. The molecule has 0 aliphatic carbocycles. The smallest absolute Gasteiger partial charge is 0.332 e. The Hall–Kier alpha value is -2.93. The van der Waals surface area contributed by atoms with Crippen molar-refractivity contribution in [3.8, 4) is 0 Å². The fourth-order valence-corrected chi connectivity index (χ4v) is 4.26. The van der Waals surface area contributed by atoms with E-state index in [1.807, 2.05) is 6.07 Å². The molecule has 0 bridgehead atoms. The number of nitrogens with zero attached hydrogens (tertiary/aromatic N) is 3. The number of halogens is 2. The van der Waals surface area contributed by atoms with E-state index in [1.165, 1.54) is 17.0 Å². The van der Waals surface area contributed by atoms with Crippen LogP contribution >= 0.6 is 11.6 Å². The van der Waals surface area contributed by atoms with E-state index < -0.39 is 5.82 Å². The first-order valence-corrected chi connectivity index (χ1v) is 10.2. The zero-order valence-corrected chi connectivity index (χ0v) is 17.0. The van der Waals surface area contributed by atoms with Crippen LogP contribution in [0.25, 0.3) is 0 Å². The van der Waals surface area contributed by atoms with Crippen LogP contribution in [0.4, 0.5) is 14.9 Å². The number of anilines is 1. The Morgan fingerprint density at radius 3 is 2.40 bits per heavy atom. The zero-order valence-electron chi connectivity index (χ0n) is 16.3. The maximum Gasteiger partial charge on any atom is 0.332 e. The number of carbonyl (C=O) groups is 3. The molecule has 0 N–H and O–H groups in total. The summed E-state index contributed by atoms with van der Waals surface area (Å²) in [5.74, 6) is -0.943. The number of para-hydroxylation sites is 1. The quantitative estimate of drug-likeness (QED) is 0.699. The lowest BCUT2D eigenvalue weighted by molar-refractivity contribution is -0.132. The minimum absolute atomic E-state index is 0.0389. The van der Waals surface area contributed by atoms with Crippen LogP contribution < -0.4 is 4.90 Å². The molecule has 156 valence electrons. The average molecular weight is 430 g/mol. The molecule has 2 aromatic carbocycles. The zero-order chi connectivity index (χ0) is 21.3. The highest BCUT2D eigenvalue weighted by Crippen LogP contribution is 2.27. The lowest BCUT2D eigenvalue weighted by atomic mass is 10.0. The van der Waals surface area contributed by atoms with Crippen LogP contribution in [0.2, 0.25) is 5.02 Å². The van der Waals surface area contributed by atoms with Crippen molar-refractivity contribution in [2.75, 3.05) is 24.5 Å². The molecule has 0 radical (unpaired) electrons. The summed E-state index contributed by atoms with van der Waals surface area (Å²) in [5.41, 5.74) is 0.759. The Balaban J connectivity index is 1.37. The average Bonchev–Trinajstić information content (AvgIpc) is 3.05. The summed E-state index contributed by atoms with van der Waals surface area (Å²) >= 11 is 6.02. The lowest BCUT2D eigenvalue weighted by Crippen LogP contribution is -2.48. The van der Waals surface area contributed by atoms with Crippen molar-refractivity contribution >= 4 is 35.1 Å². The van der Waals surface area contributed by atoms with Gasteiger partial charge in [0.05, 0.1) is 12.1 Å². The van der Waals surface area contributed by atoms with Crippen molar-refractivity contribution in [1.82, 2.24) is 9.80 Å². The van der Waals surface area contributed by atoms with Gasteiger partial charge in [0.1, 0.15) is 12.4 Å². The molecular weight excluding hydrogens is 409 g/mol. The van der Waals surface area contributed by atoms with E-state index in [2.05, 4.69) is 0 Å². The Morgan fingerprint density at radius 1 is 1.03 bits per heavy atom. The highest BCUT2D eigenvalue weighted by molar-refractivity contribution is 6.31. The lowest BCUT2D eigenvalue weighted by Gasteiger charge is -2.36. The number of imide groups is 1. The molecule has 2 saturated heterocycles. The molecule has 4 amide bonds. The highest BCUT2D eigenvalue weighted by Gasteiger charge is 2.41. The number of hydrogen-bond donors (Lipinski definition) is 0. The van der Waals surface area contributed by atoms with Gasteiger partial charge in [0.25, 0.3) is 5.91 Å². The minimum Gasteiger partial charge on any atom is -0.342 e. The molecule has 4 rings (SSSR count). The number of carbonyl (C=O) groups excluding carboxylic acids is 3. The third-order valence-corrected chi connectivity index (χ3v) is 6.01. The largest absolute Gasteiger partial charge is 0.342 e. The predicted octanol–water partition coefficient (Wildman–Crippen LogP) is 3.48. The van der Waals surface area contributed by atoms with Crippen LogP contribution in [-0.4, -0.2) is 53.3 Å². The summed E-state index contributed by atoms with van der Waals surface area (Å²) in [4.78, 5) is 42.3. The predicted molar refractivity (Wildman–Crippen MR) is 111 cm³/mol. The summed E-state index contributed by atoms with van der Waals surface area (Å²) < 4.78 is 14.0. The van der Waals surface area contributed by atoms with Gasteiger partial charge in [0, 0.05) is 29.7 Å². The number of piperidine rings is 1. The summed E-state index contributed by atoms with van der Waals surface area (Å²) in [6.45, 7) is 0.926. The molecule has 30 heavy (non-hydrogen) atoms. The number of benzene rings is 2. The van der Waals surface area contributed by atoms with E-state index in [0.29, 0.717) is 31.6 Å². The Kier molecular flexibility index (Phi) is 5.72. The SMILES string of the molecule is O=C(Cc1c(F)cccc1Cl)N1CCC(N2CC(=O)N(c3ccccc3)C2=O)CC1. The monoisotopic (exact) mass is 429 g/mol. The number of hydrogen-bond acceptors (Lipinski definition) is 3. The molecule has 0 unspecified atom stereocenters. The van der Waals surface area contributed by atoms with Crippen LogP contribution in [0.5, 0.6) is 0 Å². The third kappa shape index (κ3) is 3.89. The van der Waals surface area contributed by atoms with Gasteiger partial charge >= 0.3 is 6.03 Å². The first kappa shape index (κ1) is 20.3. The second-order valence-corrected chi connectivity index (χ2v) is 7.87. The molecule has 2 aliphatic heterocycles. The Labute approximate surface area is 178 Å². The van der Waals surface area contributed by atoms with Gasteiger partial charge in [-0.3, -0.25) is 9.59 Å². The number of likely N-dealkylation sites (tertiary alicyclic amines) is 1. The van der Waals surface area contributed by atoms with Crippen LogP contribution in [-0.2, 0) is 16.0 Å². The van der Waals surface area contributed by atoms with E-state index in [0.717, 1.165) is 0 Å². The first-order valence-electron chi connectivity index (χ1n) is 9.85. The Morgan fingerprint density at radius 2 is 1.73 bits per heavy atom. The number of amides is 4. The maximum atomic E-state index is 14.0. The molecule has 2 aromatic rings. The second kappa shape index (κ2) is 8.44. The molecule has 0 atom stereocenters. The van der Waals surface area contributed by atoms with E-state index in [4.69, 9.17) is 11.6 Å². The summed E-state index contributed by atoms with van der Waals surface area (Å²) in [6.07, 6.45) is 1.04. The summed E-state index contributed by atoms with van der Waals surface area (Å²) in [6, 6.07) is 12.8. The van der Waals surface area contributed by atoms with Gasteiger partial charge in [0.15, 0.2) is 0 Å². The van der Waals surface area contributed by atoms with Gasteiger partial charge in [-0.25, -0.2) is 14.1 Å². The molecule has 2 fully saturated rings. The molecule has 0 aromatic heterocycles. The number of urea groups is 1. The van der Waals surface area contributed by atoms with Crippen LogP contribution in [0, 0.1) is 5.82 Å². The number of rotatable bonds is 4. The van der Waals surface area contributed by atoms with Gasteiger partial charge in [-0.1, -0.05) is 35.9 Å². The Bertz CT molecular complexity index is 957. The summed E-state index contributed by atoms with van der Waals surface area (Å²) in [5, 5.41) is 0.236. The molecule has 2 heterocycles. The van der Waals surface area contributed by atoms with Gasteiger partial charge in [-0.2, -0.15) is 0 Å². The molecule has 2 aliphatic rings. The third-order valence-electron chi connectivity index (χ3n) is 5.65. The van der Waals surface area contributed by atoms with Crippen molar-refractivity contribution < 1.29 is 18.8 Å². The van der Waals surface area contributed by atoms with Crippen molar-refractivity contribution in [1.29, 1.82) is 0 Å². The summed E-state index contributed by atoms with van der Waals surface area (Å²) in [7, 11) is 0. The van der Waals surface area contributed by atoms with Crippen LogP contribution in [0.15, 0.2) is 48.5 Å². The van der Waals surface area contributed by atoms with Crippen molar-refractivity contribution in [3.05, 3.63) is 64.9 Å². The van der Waals surface area contributed by atoms with Crippen molar-refractivity contribution in [2.45, 2.75) is 25.3 Å². The van der Waals surface area contributed by atoms with Crippen LogP contribution in [0.1, 0.15) is 18.4 Å². The highest BCUT2D eigenvalue weighted by atomic mass is 35.5. The fraction of sp³-hybridized carbons (Fsp3) is 0.318. The van der Waals surface area contributed by atoms with E-state index in [1.54, 1.807) is 40.1 Å². The van der Waals surface area contributed by atoms with Crippen molar-refractivity contribution in [3.63, 3.8) is 0 Å². The topological polar surface area (TPSA) is 60.9 Å². The van der Waals surface area contributed by atoms with E-state index in [-0.39, 0.29) is 47.4 Å². The van der Waals surface area contributed by atoms with Crippen molar-refractivity contribution in [2.24, 2.45) is 0 Å². The van der Waals surface area contributed by atoms with Gasteiger partial charge in [-0.15, -0.1) is 0 Å². The first-order chi connectivity index (χ1) is 14.5. The minimum atomic E-state index is -0.493. The van der Waals surface area contributed by atoms with E-state index in [9.17, 15) is 18.8 Å². The molecule has 0 saturated carbocycles. The van der Waals surface area contributed by atoms with Gasteiger partial charge in [0.2, 0.25) is 5.91 Å².